The number of aldehydes is 1. The molecular weight excluding hydrogens is 341 g/mol. The third-order valence-electron chi connectivity index (χ3n) is 3.51. The van der Waals surface area contributed by atoms with Gasteiger partial charge >= 0.3 is 5.97 Å². The van der Waals surface area contributed by atoms with E-state index < -0.39 is 29.9 Å². The van der Waals surface area contributed by atoms with Crippen LogP contribution in [0.3, 0.4) is 0 Å². The number of carbonyl (C=O) groups is 3. The second kappa shape index (κ2) is 9.89. The summed E-state index contributed by atoms with van der Waals surface area (Å²) in [4.78, 5) is 34.3. The van der Waals surface area contributed by atoms with E-state index in [4.69, 9.17) is 9.47 Å². The van der Waals surface area contributed by atoms with Crippen LogP contribution < -0.4 is 10.1 Å². The van der Waals surface area contributed by atoms with Crippen LogP contribution >= 0.6 is 0 Å². The number of esters is 1. The highest BCUT2D eigenvalue weighted by atomic mass is 19.1. The third kappa shape index (κ3) is 6.82. The molecule has 0 heterocycles. The Balaban J connectivity index is 2.93. The van der Waals surface area contributed by atoms with Crippen LogP contribution in [0.5, 0.6) is 5.75 Å². The van der Waals surface area contributed by atoms with Gasteiger partial charge in [-0.15, -0.1) is 0 Å². The number of benzene rings is 1. The molecule has 0 aromatic heterocycles. The fourth-order valence-electron chi connectivity index (χ4n) is 2.42. The zero-order valence-corrected chi connectivity index (χ0v) is 15.6. The fourth-order valence-corrected chi connectivity index (χ4v) is 2.42. The van der Waals surface area contributed by atoms with E-state index >= 15 is 0 Å². The standard InChI is InChI=1S/C19H26FNO5/c1-19(2,3)26-16(23)12-25-15-10-7-9-13(17(15)20)14(18(24)21-4)8-5-6-11-22/h7,9-11,14H,5-6,8,12H2,1-4H3,(H,21,24). The maximum absolute atomic E-state index is 14.8. The predicted octanol–water partition coefficient (Wildman–Crippen LogP) is 2.75. The van der Waals surface area contributed by atoms with Crippen LogP contribution in [0.25, 0.3) is 0 Å². The van der Waals surface area contributed by atoms with Gasteiger partial charge in [0.1, 0.15) is 11.9 Å². The number of carbonyl (C=O) groups excluding carboxylic acids is 3. The molecule has 0 fully saturated rings. The van der Waals surface area contributed by atoms with Crippen LogP contribution in [0.1, 0.15) is 51.5 Å². The van der Waals surface area contributed by atoms with Gasteiger partial charge in [0, 0.05) is 19.0 Å². The summed E-state index contributed by atoms with van der Waals surface area (Å²) in [6, 6.07) is 4.44. The molecule has 1 unspecified atom stereocenters. The molecule has 7 heteroatoms. The van der Waals surface area contributed by atoms with Crippen molar-refractivity contribution >= 4 is 18.2 Å². The zero-order valence-electron chi connectivity index (χ0n) is 15.6. The van der Waals surface area contributed by atoms with Crippen LogP contribution in [0.2, 0.25) is 0 Å². The first-order chi connectivity index (χ1) is 12.2. The van der Waals surface area contributed by atoms with Gasteiger partial charge in [-0.05, 0) is 39.7 Å². The summed E-state index contributed by atoms with van der Waals surface area (Å²) in [5.74, 6) is -2.53. The van der Waals surface area contributed by atoms with Crippen LogP contribution in [-0.4, -0.2) is 37.4 Å². The van der Waals surface area contributed by atoms with Crippen LogP contribution in [0.4, 0.5) is 4.39 Å². The van der Waals surface area contributed by atoms with Gasteiger partial charge in [0.2, 0.25) is 5.91 Å². The Morgan fingerprint density at radius 2 is 2.00 bits per heavy atom. The Kier molecular flexibility index (Phi) is 8.22. The molecule has 1 amide bonds. The van der Waals surface area contributed by atoms with Gasteiger partial charge in [0.05, 0.1) is 5.92 Å². The van der Waals surface area contributed by atoms with Gasteiger partial charge in [-0.2, -0.15) is 0 Å². The van der Waals surface area contributed by atoms with E-state index in [2.05, 4.69) is 5.32 Å². The number of nitrogens with one attached hydrogen (secondary N) is 1. The number of hydrogen-bond donors (Lipinski definition) is 1. The molecule has 1 aromatic carbocycles. The van der Waals surface area contributed by atoms with Crippen molar-refractivity contribution in [1.29, 1.82) is 0 Å². The topological polar surface area (TPSA) is 81.7 Å². The quantitative estimate of drug-likeness (QED) is 0.412. The number of hydrogen-bond acceptors (Lipinski definition) is 5. The molecule has 144 valence electrons. The minimum atomic E-state index is -0.745. The lowest BCUT2D eigenvalue weighted by molar-refractivity contribution is -0.157. The highest BCUT2D eigenvalue weighted by molar-refractivity contribution is 5.83. The number of rotatable bonds is 9. The summed E-state index contributed by atoms with van der Waals surface area (Å²) in [5, 5.41) is 2.50. The molecule has 1 atom stereocenters. The summed E-state index contributed by atoms with van der Waals surface area (Å²) in [6.07, 6.45) is 1.84. The van der Waals surface area contributed by atoms with E-state index in [9.17, 15) is 18.8 Å². The van der Waals surface area contributed by atoms with Gasteiger partial charge in [0.15, 0.2) is 18.2 Å². The van der Waals surface area contributed by atoms with Crippen molar-refractivity contribution in [1.82, 2.24) is 5.32 Å². The van der Waals surface area contributed by atoms with Crippen molar-refractivity contribution in [2.75, 3.05) is 13.7 Å². The number of unbranched alkanes of at least 4 members (excludes halogenated alkanes) is 1. The molecule has 0 aliphatic heterocycles. The van der Waals surface area contributed by atoms with Crippen molar-refractivity contribution < 1.29 is 28.2 Å². The van der Waals surface area contributed by atoms with Crippen molar-refractivity contribution in [3.05, 3.63) is 29.6 Å². The Bertz CT molecular complexity index is 639. The summed E-state index contributed by atoms with van der Waals surface area (Å²) < 4.78 is 25.1. The number of ether oxygens (including phenoxy) is 2. The molecule has 0 bridgehead atoms. The first kappa shape index (κ1) is 21.6. The fraction of sp³-hybridized carbons (Fsp3) is 0.526. The lowest BCUT2D eigenvalue weighted by atomic mass is 9.92. The molecule has 1 N–H and O–H groups in total. The first-order valence-corrected chi connectivity index (χ1v) is 8.48. The normalized spacial score (nSPS) is 12.2. The maximum atomic E-state index is 14.8. The number of likely N-dealkylation sites (N-methyl/N-ethyl adjacent to an activating group) is 1. The summed E-state index contributed by atoms with van der Waals surface area (Å²) in [5.41, 5.74) is -0.499. The summed E-state index contributed by atoms with van der Waals surface area (Å²) in [6.45, 7) is 4.73. The molecule has 6 nitrogen and oxygen atoms in total. The number of halogens is 1. The smallest absolute Gasteiger partial charge is 0.344 e. The minimum absolute atomic E-state index is 0.127. The molecule has 0 saturated heterocycles. The van der Waals surface area contributed by atoms with Gasteiger partial charge in [-0.1, -0.05) is 12.1 Å². The second-order valence-electron chi connectivity index (χ2n) is 6.80. The first-order valence-electron chi connectivity index (χ1n) is 8.48. The van der Waals surface area contributed by atoms with Crippen molar-refractivity contribution in [3.63, 3.8) is 0 Å². The van der Waals surface area contributed by atoms with E-state index in [1.165, 1.54) is 19.2 Å². The Morgan fingerprint density at radius 1 is 1.31 bits per heavy atom. The Morgan fingerprint density at radius 3 is 2.58 bits per heavy atom. The molecule has 1 rings (SSSR count). The van der Waals surface area contributed by atoms with Crippen LogP contribution in [0, 0.1) is 5.82 Å². The third-order valence-corrected chi connectivity index (χ3v) is 3.51. The molecule has 0 aliphatic rings. The van der Waals surface area contributed by atoms with E-state index in [-0.39, 0.29) is 17.2 Å². The maximum Gasteiger partial charge on any atom is 0.344 e. The molecule has 0 radical (unpaired) electrons. The second-order valence-corrected chi connectivity index (χ2v) is 6.80. The highest BCUT2D eigenvalue weighted by Gasteiger charge is 2.25. The molecule has 26 heavy (non-hydrogen) atoms. The van der Waals surface area contributed by atoms with Gasteiger partial charge < -0.3 is 19.6 Å². The zero-order chi connectivity index (χ0) is 19.7. The Hall–Kier alpha value is -2.44. The molecular formula is C19H26FNO5. The van der Waals surface area contributed by atoms with E-state index in [0.29, 0.717) is 19.3 Å². The molecule has 1 aromatic rings. The monoisotopic (exact) mass is 367 g/mol. The lowest BCUT2D eigenvalue weighted by Crippen LogP contribution is -2.28. The van der Waals surface area contributed by atoms with E-state index in [1.807, 2.05) is 0 Å². The van der Waals surface area contributed by atoms with Crippen molar-refractivity contribution in [3.8, 4) is 5.75 Å². The van der Waals surface area contributed by atoms with Crippen LogP contribution in [-0.2, 0) is 19.1 Å². The molecule has 0 aliphatic carbocycles. The average Bonchev–Trinajstić information content (AvgIpc) is 2.56. The average molecular weight is 367 g/mol. The van der Waals surface area contributed by atoms with E-state index in [1.54, 1.807) is 26.8 Å². The Labute approximate surface area is 153 Å². The molecule has 0 spiro atoms. The predicted molar refractivity (Wildman–Crippen MR) is 94.5 cm³/mol. The molecule has 0 saturated carbocycles. The lowest BCUT2D eigenvalue weighted by Gasteiger charge is -2.20. The SMILES string of the molecule is CNC(=O)C(CCCC=O)c1cccc(OCC(=O)OC(C)(C)C)c1F. The van der Waals surface area contributed by atoms with E-state index in [0.717, 1.165) is 6.29 Å². The summed E-state index contributed by atoms with van der Waals surface area (Å²) in [7, 11) is 1.47. The summed E-state index contributed by atoms with van der Waals surface area (Å²) >= 11 is 0. The van der Waals surface area contributed by atoms with Gasteiger partial charge in [0.25, 0.3) is 0 Å². The van der Waals surface area contributed by atoms with Crippen molar-refractivity contribution in [2.45, 2.75) is 51.6 Å². The minimum Gasteiger partial charge on any atom is -0.479 e. The largest absolute Gasteiger partial charge is 0.479 e. The van der Waals surface area contributed by atoms with Crippen LogP contribution in [0.15, 0.2) is 18.2 Å². The van der Waals surface area contributed by atoms with Gasteiger partial charge in [-0.3, -0.25) is 4.79 Å². The van der Waals surface area contributed by atoms with Gasteiger partial charge in [-0.25, -0.2) is 9.18 Å². The number of amides is 1. The highest BCUT2D eigenvalue weighted by Crippen LogP contribution is 2.30. The van der Waals surface area contributed by atoms with Crippen molar-refractivity contribution in [2.24, 2.45) is 0 Å².